The van der Waals surface area contributed by atoms with Gasteiger partial charge in [0, 0.05) is 11.6 Å². The van der Waals surface area contributed by atoms with E-state index < -0.39 is 11.9 Å². The molecule has 0 fully saturated rings. The number of nitrogens with two attached hydrogens (primary N) is 1. The molecule has 2 N–H and O–H groups in total. The summed E-state index contributed by atoms with van der Waals surface area (Å²) < 4.78 is 23.0. The molecule has 43 heavy (non-hydrogen) atoms. The number of rotatable bonds is 8. The fourth-order valence-electron chi connectivity index (χ4n) is 4.83. The van der Waals surface area contributed by atoms with Crippen molar-refractivity contribution in [3.63, 3.8) is 0 Å². The number of aryl methyl sites for hydroxylation is 1. The van der Waals surface area contributed by atoms with Crippen LogP contribution in [0.4, 0.5) is 0 Å². The van der Waals surface area contributed by atoms with Crippen molar-refractivity contribution in [1.82, 2.24) is 0 Å². The Bertz CT molecular complexity index is 1690. The number of carbonyl (C=O) groups excluding carboxylic acids is 1. The molecule has 7 heteroatoms. The Labute approximate surface area is 252 Å². The van der Waals surface area contributed by atoms with Gasteiger partial charge in [-0.15, -0.1) is 0 Å². The molecule has 5 rings (SSSR count). The van der Waals surface area contributed by atoms with Crippen LogP contribution >= 0.6 is 0 Å². The maximum Gasteiger partial charge on any atom is 0.349 e. The van der Waals surface area contributed by atoms with E-state index in [1.165, 1.54) is 11.1 Å². The lowest BCUT2D eigenvalue weighted by molar-refractivity contribution is -0.136. The van der Waals surface area contributed by atoms with Crippen LogP contribution in [0.25, 0.3) is 0 Å². The number of carbonyl (C=O) groups is 1. The maximum absolute atomic E-state index is 12.6. The first-order valence-corrected chi connectivity index (χ1v) is 14.0. The number of allylic oxidation sites excluding steroid dienone is 1. The molecule has 0 radical (unpaired) electrons. The van der Waals surface area contributed by atoms with Gasteiger partial charge in [0.1, 0.15) is 41.2 Å². The van der Waals surface area contributed by atoms with Crippen molar-refractivity contribution in [2.75, 3.05) is 6.61 Å². The minimum Gasteiger partial charge on any atom is -0.489 e. The number of nitrogens with zero attached hydrogens (tertiary/aromatic N) is 1. The molecule has 0 amide bonds. The normalized spacial score (nSPS) is 14.3. The van der Waals surface area contributed by atoms with E-state index in [2.05, 4.69) is 26.8 Å². The van der Waals surface area contributed by atoms with Crippen LogP contribution in [0.15, 0.2) is 102 Å². The lowest BCUT2D eigenvalue weighted by atomic mass is 9.83. The summed E-state index contributed by atoms with van der Waals surface area (Å²) in [5, 5.41) is 9.96. The van der Waals surface area contributed by atoms with Crippen molar-refractivity contribution < 1.29 is 23.7 Å². The zero-order chi connectivity index (χ0) is 30.6. The molecule has 0 aliphatic carbocycles. The zero-order valence-electron chi connectivity index (χ0n) is 24.7. The number of fused-ring (bicyclic) bond motifs is 1. The second kappa shape index (κ2) is 12.3. The quantitative estimate of drug-likeness (QED) is 0.177. The van der Waals surface area contributed by atoms with Gasteiger partial charge in [-0.1, -0.05) is 80.9 Å². The molecule has 0 bridgehead atoms. The van der Waals surface area contributed by atoms with Crippen LogP contribution in [0, 0.1) is 18.3 Å². The third-order valence-corrected chi connectivity index (χ3v) is 7.22. The van der Waals surface area contributed by atoms with Gasteiger partial charge in [-0.25, -0.2) is 4.79 Å². The van der Waals surface area contributed by atoms with Crippen molar-refractivity contribution in [2.45, 2.75) is 45.6 Å². The highest BCUT2D eigenvalue weighted by atomic mass is 16.6. The fraction of sp³-hybridized carbons (Fsp3) is 0.222. The average molecular weight is 575 g/mol. The van der Waals surface area contributed by atoms with Crippen LogP contribution in [0.3, 0.4) is 0 Å². The smallest absolute Gasteiger partial charge is 0.349 e. The number of ether oxygens (including phenoxy) is 4. The standard InChI is InChI=1S/C36H34N2O5/c1-23-8-10-24(11-9-23)21-40-28-7-5-6-25(18-28)34-30-17-16-29(19-32(30)43-35(38)31(34)20-37)42-33(39)22-41-27-14-12-26(13-15-27)36(2,3)4/h5-19,34H,21-22,38H2,1-4H3. The Morgan fingerprint density at radius 1 is 0.907 bits per heavy atom. The molecule has 1 heterocycles. The van der Waals surface area contributed by atoms with Crippen molar-refractivity contribution in [1.29, 1.82) is 5.26 Å². The Morgan fingerprint density at radius 2 is 1.63 bits per heavy atom. The first-order valence-electron chi connectivity index (χ1n) is 14.0. The van der Waals surface area contributed by atoms with Gasteiger partial charge in [0.25, 0.3) is 0 Å². The van der Waals surface area contributed by atoms with E-state index in [-0.39, 0.29) is 23.7 Å². The molecule has 1 aliphatic heterocycles. The van der Waals surface area contributed by atoms with Gasteiger partial charge in [-0.2, -0.15) is 5.26 Å². The lowest BCUT2D eigenvalue weighted by Crippen LogP contribution is -2.21. The highest BCUT2D eigenvalue weighted by Gasteiger charge is 2.31. The molecular weight excluding hydrogens is 540 g/mol. The van der Waals surface area contributed by atoms with E-state index in [4.69, 9.17) is 24.7 Å². The SMILES string of the molecule is Cc1ccc(COc2cccc(C3C(C#N)=C(N)Oc4cc(OC(=O)COc5ccc(C(C)(C)C)cc5)ccc43)c2)cc1. The van der Waals surface area contributed by atoms with Crippen molar-refractivity contribution >= 4 is 5.97 Å². The number of nitriles is 1. The predicted octanol–water partition coefficient (Wildman–Crippen LogP) is 7.07. The molecule has 1 aliphatic rings. The summed E-state index contributed by atoms with van der Waals surface area (Å²) >= 11 is 0. The number of esters is 1. The highest BCUT2D eigenvalue weighted by Crippen LogP contribution is 2.44. The monoisotopic (exact) mass is 574 g/mol. The molecule has 4 aromatic carbocycles. The van der Waals surface area contributed by atoms with E-state index in [0.717, 1.165) is 16.7 Å². The molecule has 1 unspecified atom stereocenters. The molecule has 0 spiro atoms. The van der Waals surface area contributed by atoms with Gasteiger partial charge < -0.3 is 24.7 Å². The van der Waals surface area contributed by atoms with E-state index in [1.807, 2.05) is 79.7 Å². The van der Waals surface area contributed by atoms with Crippen LogP contribution in [-0.4, -0.2) is 12.6 Å². The summed E-state index contributed by atoms with van der Waals surface area (Å²) in [6.45, 7) is 8.60. The van der Waals surface area contributed by atoms with E-state index in [9.17, 15) is 10.1 Å². The Hall–Kier alpha value is -5.22. The second-order valence-electron chi connectivity index (χ2n) is 11.5. The van der Waals surface area contributed by atoms with Crippen molar-refractivity contribution in [2.24, 2.45) is 5.73 Å². The Kier molecular flexibility index (Phi) is 8.40. The summed E-state index contributed by atoms with van der Waals surface area (Å²) in [5.41, 5.74) is 11.5. The predicted molar refractivity (Wildman–Crippen MR) is 164 cm³/mol. The first kappa shape index (κ1) is 29.3. The summed E-state index contributed by atoms with van der Waals surface area (Å²) in [6, 6.07) is 30.6. The summed E-state index contributed by atoms with van der Waals surface area (Å²) in [7, 11) is 0. The maximum atomic E-state index is 12.6. The largest absolute Gasteiger partial charge is 0.489 e. The molecule has 1 atom stereocenters. The second-order valence-corrected chi connectivity index (χ2v) is 11.5. The van der Waals surface area contributed by atoms with Crippen LogP contribution in [0.5, 0.6) is 23.0 Å². The molecule has 7 nitrogen and oxygen atoms in total. The number of hydrogen-bond acceptors (Lipinski definition) is 7. The lowest BCUT2D eigenvalue weighted by Gasteiger charge is -2.27. The molecule has 218 valence electrons. The minimum atomic E-state index is -0.563. The topological polar surface area (TPSA) is 104 Å². The molecular formula is C36H34N2O5. The van der Waals surface area contributed by atoms with Crippen molar-refractivity contribution in [3.05, 3.63) is 130 Å². The summed E-state index contributed by atoms with van der Waals surface area (Å²) in [6.07, 6.45) is 0. The Balaban J connectivity index is 1.30. The fourth-order valence-corrected chi connectivity index (χ4v) is 4.83. The Morgan fingerprint density at radius 3 is 2.33 bits per heavy atom. The molecule has 4 aromatic rings. The molecule has 0 saturated heterocycles. The number of hydrogen-bond donors (Lipinski definition) is 1. The van der Waals surface area contributed by atoms with Crippen LogP contribution in [0.2, 0.25) is 0 Å². The first-order chi connectivity index (χ1) is 20.6. The van der Waals surface area contributed by atoms with Crippen molar-refractivity contribution in [3.8, 4) is 29.1 Å². The van der Waals surface area contributed by atoms with Gasteiger partial charge in [-0.3, -0.25) is 0 Å². The zero-order valence-corrected chi connectivity index (χ0v) is 24.7. The van der Waals surface area contributed by atoms with Crippen LogP contribution in [-0.2, 0) is 16.8 Å². The van der Waals surface area contributed by atoms with Crippen LogP contribution < -0.4 is 24.7 Å². The van der Waals surface area contributed by atoms with Gasteiger partial charge >= 0.3 is 5.97 Å². The molecule has 0 saturated carbocycles. The van der Waals surface area contributed by atoms with Gasteiger partial charge in [0.15, 0.2) is 6.61 Å². The highest BCUT2D eigenvalue weighted by molar-refractivity contribution is 5.74. The average Bonchev–Trinajstić information content (AvgIpc) is 2.99. The van der Waals surface area contributed by atoms with Gasteiger partial charge in [0.05, 0.1) is 5.92 Å². The van der Waals surface area contributed by atoms with Crippen LogP contribution in [0.1, 0.15) is 54.5 Å². The van der Waals surface area contributed by atoms with E-state index >= 15 is 0 Å². The number of benzene rings is 4. The molecule has 0 aromatic heterocycles. The van der Waals surface area contributed by atoms with Gasteiger partial charge in [-0.05, 0) is 59.4 Å². The van der Waals surface area contributed by atoms with Gasteiger partial charge in [0.2, 0.25) is 5.88 Å². The van der Waals surface area contributed by atoms with E-state index in [1.54, 1.807) is 18.2 Å². The third kappa shape index (κ3) is 6.99. The summed E-state index contributed by atoms with van der Waals surface area (Å²) in [4.78, 5) is 12.6. The third-order valence-electron chi connectivity index (χ3n) is 7.22. The van der Waals surface area contributed by atoms with E-state index in [0.29, 0.717) is 29.4 Å². The summed E-state index contributed by atoms with van der Waals surface area (Å²) in [5.74, 6) is 0.868. The minimum absolute atomic E-state index is 0.00325.